The average Bonchev–Trinajstić information content (AvgIpc) is 2.71. The molecule has 6 heteroatoms. The molecule has 0 fully saturated rings. The molecule has 0 spiro atoms. The number of aromatic nitrogens is 2. The monoisotopic (exact) mass is 372 g/mol. The molecule has 0 aliphatic rings. The molecular weight excluding hydrogens is 352 g/mol. The normalized spacial score (nSPS) is 10.4. The first-order valence-electron chi connectivity index (χ1n) is 8.83. The number of benzene rings is 2. The third-order valence-corrected chi connectivity index (χ3v) is 4.30. The molecule has 0 unspecified atom stereocenters. The number of ketones is 1. The maximum Gasteiger partial charge on any atom is 0.222 e. The molecule has 2 aromatic carbocycles. The molecule has 1 heterocycles. The van der Waals surface area contributed by atoms with Crippen LogP contribution >= 0.6 is 0 Å². The predicted molar refractivity (Wildman–Crippen MR) is 105 cm³/mol. The van der Waals surface area contributed by atoms with Crippen LogP contribution in [0.3, 0.4) is 0 Å². The Morgan fingerprint density at radius 1 is 1.14 bits per heavy atom. The number of carbonyl (C=O) groups is 1. The van der Waals surface area contributed by atoms with Crippen LogP contribution in [0.2, 0.25) is 0 Å². The summed E-state index contributed by atoms with van der Waals surface area (Å²) in [4.78, 5) is 20.6. The third-order valence-electron chi connectivity index (χ3n) is 4.30. The number of hydrogen-bond donors (Lipinski definition) is 1. The van der Waals surface area contributed by atoms with Crippen molar-refractivity contribution in [3.63, 3.8) is 0 Å². The van der Waals surface area contributed by atoms with Crippen molar-refractivity contribution in [1.29, 1.82) is 5.26 Å². The van der Waals surface area contributed by atoms with Crippen molar-refractivity contribution in [2.24, 2.45) is 5.73 Å². The number of Topliss-reactive ketones (excluding diaryl/α,β-unsaturated/α-hetero) is 1. The van der Waals surface area contributed by atoms with E-state index in [-0.39, 0.29) is 12.3 Å². The summed E-state index contributed by atoms with van der Waals surface area (Å²) in [5.41, 5.74) is 9.32. The van der Waals surface area contributed by atoms with Crippen LogP contribution in [0, 0.1) is 25.2 Å². The minimum atomic E-state index is -0.107. The lowest BCUT2D eigenvalue weighted by atomic mass is 10.0. The minimum absolute atomic E-state index is 0.0241. The highest BCUT2D eigenvalue weighted by Crippen LogP contribution is 2.29. The zero-order valence-electron chi connectivity index (χ0n) is 15.8. The fourth-order valence-corrected chi connectivity index (χ4v) is 2.90. The Balaban J connectivity index is 1.81. The number of ether oxygens (including phenoxy) is 1. The fraction of sp³-hybridized carbons (Fsp3) is 0.182. The predicted octanol–water partition coefficient (Wildman–Crippen LogP) is 3.49. The first kappa shape index (κ1) is 19.2. The zero-order chi connectivity index (χ0) is 20.1. The molecule has 0 aliphatic carbocycles. The van der Waals surface area contributed by atoms with Gasteiger partial charge in [0.25, 0.3) is 0 Å². The molecule has 0 radical (unpaired) electrons. The molecule has 1 aromatic heterocycles. The highest BCUT2D eigenvalue weighted by atomic mass is 16.5. The van der Waals surface area contributed by atoms with Crippen LogP contribution in [0.25, 0.3) is 0 Å². The topological polar surface area (TPSA) is 102 Å². The summed E-state index contributed by atoms with van der Waals surface area (Å²) >= 11 is 0. The number of hydrogen-bond acceptors (Lipinski definition) is 6. The Morgan fingerprint density at radius 2 is 1.82 bits per heavy atom. The number of aryl methyl sites for hydroxylation is 2. The van der Waals surface area contributed by atoms with Gasteiger partial charge in [0, 0.05) is 24.2 Å². The molecule has 0 atom stereocenters. The second-order valence-electron chi connectivity index (χ2n) is 6.47. The summed E-state index contributed by atoms with van der Waals surface area (Å²) in [6, 6.07) is 14.7. The van der Waals surface area contributed by atoms with E-state index in [9.17, 15) is 4.79 Å². The van der Waals surface area contributed by atoms with Crippen LogP contribution < -0.4 is 10.5 Å². The van der Waals surface area contributed by atoms with Crippen molar-refractivity contribution >= 4 is 5.78 Å². The van der Waals surface area contributed by atoms with Crippen molar-refractivity contribution in [2.75, 3.05) is 6.54 Å². The second kappa shape index (κ2) is 8.42. The zero-order valence-corrected chi connectivity index (χ0v) is 15.8. The van der Waals surface area contributed by atoms with Gasteiger partial charge in [0.15, 0.2) is 5.78 Å². The lowest BCUT2D eigenvalue weighted by Crippen LogP contribution is -2.14. The Labute approximate surface area is 163 Å². The summed E-state index contributed by atoms with van der Waals surface area (Å²) in [5.74, 6) is 1.61. The standard InChI is InChI=1S/C22H20N4O2/c1-14-9-18(19(27)13-24)10-15(2)22(14)28-21-7-8-25-20(26-21)11-16-3-5-17(12-23)6-4-16/h3-10H,11,13,24H2,1-2H3. The van der Waals surface area contributed by atoms with E-state index >= 15 is 0 Å². The maximum absolute atomic E-state index is 11.8. The van der Waals surface area contributed by atoms with Gasteiger partial charge in [-0.1, -0.05) is 12.1 Å². The molecule has 0 saturated carbocycles. The van der Waals surface area contributed by atoms with Crippen LogP contribution in [0.5, 0.6) is 11.6 Å². The summed E-state index contributed by atoms with van der Waals surface area (Å²) in [7, 11) is 0. The highest BCUT2D eigenvalue weighted by molar-refractivity contribution is 5.98. The number of rotatable bonds is 6. The van der Waals surface area contributed by atoms with E-state index in [4.69, 9.17) is 15.7 Å². The number of carbonyl (C=O) groups excluding carboxylic acids is 1. The van der Waals surface area contributed by atoms with Gasteiger partial charge in [-0.3, -0.25) is 4.79 Å². The first-order valence-corrected chi connectivity index (χ1v) is 8.83. The Morgan fingerprint density at radius 3 is 2.43 bits per heavy atom. The van der Waals surface area contributed by atoms with Gasteiger partial charge in [0.2, 0.25) is 5.88 Å². The molecule has 28 heavy (non-hydrogen) atoms. The van der Waals surface area contributed by atoms with E-state index in [0.717, 1.165) is 16.7 Å². The molecule has 3 aromatic rings. The molecule has 0 amide bonds. The Kier molecular flexibility index (Phi) is 5.78. The van der Waals surface area contributed by atoms with Crippen LogP contribution in [-0.4, -0.2) is 22.3 Å². The molecule has 0 aliphatic heterocycles. The fourth-order valence-electron chi connectivity index (χ4n) is 2.90. The molecule has 0 saturated heterocycles. The van der Waals surface area contributed by atoms with Crippen LogP contribution in [-0.2, 0) is 6.42 Å². The molecule has 2 N–H and O–H groups in total. The highest BCUT2D eigenvalue weighted by Gasteiger charge is 2.12. The van der Waals surface area contributed by atoms with Crippen molar-refractivity contribution < 1.29 is 9.53 Å². The van der Waals surface area contributed by atoms with Crippen molar-refractivity contribution in [3.8, 4) is 17.7 Å². The quantitative estimate of drug-likeness (QED) is 0.665. The molecule has 140 valence electrons. The van der Waals surface area contributed by atoms with Gasteiger partial charge >= 0.3 is 0 Å². The minimum Gasteiger partial charge on any atom is -0.438 e. The van der Waals surface area contributed by atoms with Gasteiger partial charge in [-0.15, -0.1) is 0 Å². The van der Waals surface area contributed by atoms with Crippen molar-refractivity contribution in [3.05, 3.63) is 82.3 Å². The summed E-state index contributed by atoms with van der Waals surface area (Å²) in [6.45, 7) is 3.74. The molecule has 0 bridgehead atoms. The largest absolute Gasteiger partial charge is 0.438 e. The Bertz CT molecular complexity index is 1030. The van der Waals surface area contributed by atoms with Crippen molar-refractivity contribution in [1.82, 2.24) is 9.97 Å². The maximum atomic E-state index is 11.8. The third kappa shape index (κ3) is 4.40. The number of nitriles is 1. The lowest BCUT2D eigenvalue weighted by molar-refractivity contribution is 0.100. The van der Waals surface area contributed by atoms with Gasteiger partial charge in [0.05, 0.1) is 18.2 Å². The molecular formula is C22H20N4O2. The van der Waals surface area contributed by atoms with E-state index in [1.54, 1.807) is 36.5 Å². The molecule has 6 nitrogen and oxygen atoms in total. The number of nitrogens with zero attached hydrogens (tertiary/aromatic N) is 3. The number of nitrogens with two attached hydrogens (primary N) is 1. The Hall–Kier alpha value is -3.56. The first-order chi connectivity index (χ1) is 13.5. The lowest BCUT2D eigenvalue weighted by Gasteiger charge is -2.13. The van der Waals surface area contributed by atoms with Crippen LogP contribution in [0.4, 0.5) is 0 Å². The van der Waals surface area contributed by atoms with Gasteiger partial charge in [-0.2, -0.15) is 10.2 Å². The van der Waals surface area contributed by atoms with E-state index in [0.29, 0.717) is 35.0 Å². The second-order valence-corrected chi connectivity index (χ2v) is 6.47. The smallest absolute Gasteiger partial charge is 0.222 e. The van der Waals surface area contributed by atoms with E-state index in [2.05, 4.69) is 16.0 Å². The van der Waals surface area contributed by atoms with E-state index in [1.807, 2.05) is 26.0 Å². The van der Waals surface area contributed by atoms with Gasteiger partial charge in [0.1, 0.15) is 11.6 Å². The van der Waals surface area contributed by atoms with E-state index < -0.39 is 0 Å². The van der Waals surface area contributed by atoms with Gasteiger partial charge in [-0.25, -0.2) is 4.98 Å². The molecule has 3 rings (SSSR count). The summed E-state index contributed by atoms with van der Waals surface area (Å²) in [6.07, 6.45) is 2.18. The van der Waals surface area contributed by atoms with E-state index in [1.165, 1.54) is 0 Å². The average molecular weight is 372 g/mol. The van der Waals surface area contributed by atoms with Gasteiger partial charge in [-0.05, 0) is 54.8 Å². The van der Waals surface area contributed by atoms with Crippen LogP contribution in [0.1, 0.15) is 38.4 Å². The SMILES string of the molecule is Cc1cc(C(=O)CN)cc(C)c1Oc1ccnc(Cc2ccc(C#N)cc2)n1. The van der Waals surface area contributed by atoms with Gasteiger partial charge < -0.3 is 10.5 Å². The van der Waals surface area contributed by atoms with Crippen LogP contribution in [0.15, 0.2) is 48.7 Å². The summed E-state index contributed by atoms with van der Waals surface area (Å²) < 4.78 is 5.99. The van der Waals surface area contributed by atoms with Crippen molar-refractivity contribution in [2.45, 2.75) is 20.3 Å². The summed E-state index contributed by atoms with van der Waals surface area (Å²) in [5, 5.41) is 8.89.